The van der Waals surface area contributed by atoms with Crippen molar-refractivity contribution in [3.63, 3.8) is 0 Å². The van der Waals surface area contributed by atoms with Gasteiger partial charge >= 0.3 is 0 Å². The van der Waals surface area contributed by atoms with Gasteiger partial charge in [-0.25, -0.2) is 0 Å². The Bertz CT molecular complexity index is 506. The van der Waals surface area contributed by atoms with E-state index in [9.17, 15) is 0 Å². The van der Waals surface area contributed by atoms with E-state index in [1.54, 1.807) is 0 Å². The Morgan fingerprint density at radius 3 is 1.79 bits per heavy atom. The molecule has 0 spiro atoms. The van der Waals surface area contributed by atoms with Crippen LogP contribution in [0.4, 0.5) is 0 Å². The SMILES string of the molecule is C[C@@H](N)CC(c1cccc(Cl)c1)c1cccc(Cl)c1. The number of benzene rings is 2. The molecule has 0 radical (unpaired) electrons. The van der Waals surface area contributed by atoms with Crippen LogP contribution in [-0.2, 0) is 0 Å². The molecule has 0 aromatic heterocycles. The zero-order chi connectivity index (χ0) is 13.8. The van der Waals surface area contributed by atoms with E-state index in [0.717, 1.165) is 16.5 Å². The van der Waals surface area contributed by atoms with Gasteiger partial charge in [0.25, 0.3) is 0 Å². The lowest BCUT2D eigenvalue weighted by molar-refractivity contribution is 0.608. The second-order valence-corrected chi connectivity index (χ2v) is 5.75. The van der Waals surface area contributed by atoms with Crippen LogP contribution in [0.2, 0.25) is 10.0 Å². The first-order valence-corrected chi connectivity index (χ1v) is 7.08. The number of nitrogens with two attached hydrogens (primary N) is 1. The van der Waals surface area contributed by atoms with Crippen molar-refractivity contribution in [2.45, 2.75) is 25.3 Å². The number of rotatable bonds is 4. The molecule has 0 heterocycles. The van der Waals surface area contributed by atoms with Crippen LogP contribution in [0.3, 0.4) is 0 Å². The maximum Gasteiger partial charge on any atom is 0.0408 e. The van der Waals surface area contributed by atoms with Crippen LogP contribution >= 0.6 is 23.2 Å². The van der Waals surface area contributed by atoms with Crippen LogP contribution in [0.1, 0.15) is 30.4 Å². The minimum Gasteiger partial charge on any atom is -0.328 e. The van der Waals surface area contributed by atoms with Gasteiger partial charge in [-0.15, -0.1) is 0 Å². The first-order chi connectivity index (χ1) is 9.06. The van der Waals surface area contributed by atoms with Crippen molar-refractivity contribution < 1.29 is 0 Å². The summed E-state index contributed by atoms with van der Waals surface area (Å²) < 4.78 is 0. The molecule has 0 saturated carbocycles. The van der Waals surface area contributed by atoms with E-state index in [2.05, 4.69) is 12.1 Å². The van der Waals surface area contributed by atoms with Crippen LogP contribution in [-0.4, -0.2) is 6.04 Å². The summed E-state index contributed by atoms with van der Waals surface area (Å²) in [5.74, 6) is 0.220. The van der Waals surface area contributed by atoms with Gasteiger partial charge in [-0.3, -0.25) is 0 Å². The Balaban J connectivity index is 2.41. The summed E-state index contributed by atoms with van der Waals surface area (Å²) in [6, 6.07) is 16.0. The van der Waals surface area contributed by atoms with Crippen LogP contribution in [0.5, 0.6) is 0 Å². The summed E-state index contributed by atoms with van der Waals surface area (Å²) in [4.78, 5) is 0. The number of hydrogen-bond acceptors (Lipinski definition) is 1. The quantitative estimate of drug-likeness (QED) is 0.856. The third-order valence-electron chi connectivity index (χ3n) is 3.11. The first-order valence-electron chi connectivity index (χ1n) is 6.33. The summed E-state index contributed by atoms with van der Waals surface area (Å²) in [6.45, 7) is 2.02. The fraction of sp³-hybridized carbons (Fsp3) is 0.250. The third kappa shape index (κ3) is 3.97. The van der Waals surface area contributed by atoms with Crippen molar-refractivity contribution >= 4 is 23.2 Å². The monoisotopic (exact) mass is 293 g/mol. The Labute approximate surface area is 124 Å². The van der Waals surface area contributed by atoms with Crippen molar-refractivity contribution in [3.8, 4) is 0 Å². The molecule has 1 nitrogen and oxygen atoms in total. The first kappa shape index (κ1) is 14.4. The van der Waals surface area contributed by atoms with Crippen molar-refractivity contribution in [2.24, 2.45) is 5.73 Å². The molecule has 0 fully saturated rings. The zero-order valence-corrected chi connectivity index (χ0v) is 12.3. The maximum atomic E-state index is 6.09. The molecule has 0 unspecified atom stereocenters. The summed E-state index contributed by atoms with van der Waals surface area (Å²) >= 11 is 12.2. The van der Waals surface area contributed by atoms with Crippen LogP contribution in [0.25, 0.3) is 0 Å². The molecule has 100 valence electrons. The lowest BCUT2D eigenvalue weighted by atomic mass is 9.86. The predicted octanol–water partition coefficient (Wildman–Crippen LogP) is 4.86. The Morgan fingerprint density at radius 2 is 1.42 bits per heavy atom. The molecule has 2 rings (SSSR count). The molecule has 0 aliphatic heterocycles. The van der Waals surface area contributed by atoms with Gasteiger partial charge < -0.3 is 5.73 Å². The summed E-state index contributed by atoms with van der Waals surface area (Å²) in [5.41, 5.74) is 8.32. The molecule has 2 N–H and O–H groups in total. The van der Waals surface area contributed by atoms with E-state index >= 15 is 0 Å². The average Bonchev–Trinajstić information content (AvgIpc) is 2.35. The lowest BCUT2D eigenvalue weighted by Crippen LogP contribution is -2.19. The predicted molar refractivity (Wildman–Crippen MR) is 83.0 cm³/mol. The van der Waals surface area contributed by atoms with E-state index in [4.69, 9.17) is 28.9 Å². The van der Waals surface area contributed by atoms with Gasteiger partial charge in [0, 0.05) is 22.0 Å². The van der Waals surface area contributed by atoms with Crippen LogP contribution in [0.15, 0.2) is 48.5 Å². The minimum atomic E-state index is 0.114. The molecule has 0 aliphatic carbocycles. The Kier molecular flexibility index (Phi) is 4.87. The van der Waals surface area contributed by atoms with Gasteiger partial charge in [-0.2, -0.15) is 0 Å². The smallest absolute Gasteiger partial charge is 0.0408 e. The molecule has 3 heteroatoms. The molecule has 2 aromatic carbocycles. The van der Waals surface area contributed by atoms with Crippen molar-refractivity contribution in [2.75, 3.05) is 0 Å². The van der Waals surface area contributed by atoms with Crippen LogP contribution < -0.4 is 5.73 Å². The molecule has 0 bridgehead atoms. The lowest BCUT2D eigenvalue weighted by Gasteiger charge is -2.20. The molecule has 19 heavy (non-hydrogen) atoms. The average molecular weight is 294 g/mol. The summed E-state index contributed by atoms with van der Waals surface area (Å²) in [7, 11) is 0. The topological polar surface area (TPSA) is 26.0 Å². The molecule has 2 aromatic rings. The highest BCUT2D eigenvalue weighted by Crippen LogP contribution is 2.31. The van der Waals surface area contributed by atoms with Crippen molar-refractivity contribution in [3.05, 3.63) is 69.7 Å². The highest BCUT2D eigenvalue weighted by atomic mass is 35.5. The van der Waals surface area contributed by atoms with Crippen molar-refractivity contribution in [1.29, 1.82) is 0 Å². The molecular weight excluding hydrogens is 277 g/mol. The normalized spacial score (nSPS) is 12.7. The largest absolute Gasteiger partial charge is 0.328 e. The summed E-state index contributed by atoms with van der Waals surface area (Å²) in [6.07, 6.45) is 0.862. The zero-order valence-electron chi connectivity index (χ0n) is 10.8. The molecular formula is C16H17Cl2N. The fourth-order valence-corrected chi connectivity index (χ4v) is 2.68. The number of halogens is 2. The summed E-state index contributed by atoms with van der Waals surface area (Å²) in [5, 5.41) is 1.49. The van der Waals surface area contributed by atoms with Crippen LogP contribution in [0, 0.1) is 0 Å². The molecule has 1 atom stereocenters. The van der Waals surface area contributed by atoms with E-state index in [1.165, 1.54) is 11.1 Å². The van der Waals surface area contributed by atoms with Gasteiger partial charge in [0.2, 0.25) is 0 Å². The van der Waals surface area contributed by atoms with Gasteiger partial charge in [0.05, 0.1) is 0 Å². The molecule has 0 aliphatic rings. The molecule has 0 amide bonds. The van der Waals surface area contributed by atoms with E-state index in [-0.39, 0.29) is 12.0 Å². The second-order valence-electron chi connectivity index (χ2n) is 4.88. The fourth-order valence-electron chi connectivity index (χ4n) is 2.28. The highest BCUT2D eigenvalue weighted by Gasteiger charge is 2.16. The molecule has 0 saturated heterocycles. The maximum absolute atomic E-state index is 6.09. The van der Waals surface area contributed by atoms with E-state index in [1.807, 2.05) is 43.3 Å². The van der Waals surface area contributed by atoms with Gasteiger partial charge in [-0.1, -0.05) is 47.5 Å². The Hall–Kier alpha value is -1.02. The van der Waals surface area contributed by atoms with E-state index < -0.39 is 0 Å². The standard InChI is InChI=1S/C16H17Cl2N/c1-11(19)8-16(12-4-2-6-14(17)9-12)13-5-3-7-15(18)10-13/h2-7,9-11,16H,8,19H2,1H3/t11-/m1/s1. The Morgan fingerprint density at radius 1 is 0.947 bits per heavy atom. The highest BCUT2D eigenvalue weighted by molar-refractivity contribution is 6.31. The third-order valence-corrected chi connectivity index (χ3v) is 3.58. The van der Waals surface area contributed by atoms with E-state index in [0.29, 0.717) is 0 Å². The number of hydrogen-bond donors (Lipinski definition) is 1. The second kappa shape index (κ2) is 6.42. The van der Waals surface area contributed by atoms with Gasteiger partial charge in [-0.05, 0) is 48.7 Å². The van der Waals surface area contributed by atoms with Gasteiger partial charge in [0.15, 0.2) is 0 Å². The van der Waals surface area contributed by atoms with Gasteiger partial charge in [0.1, 0.15) is 0 Å². The van der Waals surface area contributed by atoms with Crippen molar-refractivity contribution in [1.82, 2.24) is 0 Å². The minimum absolute atomic E-state index is 0.114.